The van der Waals surface area contributed by atoms with Crippen molar-refractivity contribution in [3.63, 3.8) is 0 Å². The van der Waals surface area contributed by atoms with Crippen molar-refractivity contribution in [3.8, 4) is 0 Å². The summed E-state index contributed by atoms with van der Waals surface area (Å²) in [4.78, 5) is 0. The van der Waals surface area contributed by atoms with Crippen LogP contribution in [0.2, 0.25) is 0 Å². The monoisotopic (exact) mass is 206 g/mol. The van der Waals surface area contributed by atoms with Crippen LogP contribution in [-0.4, -0.2) is 27.8 Å². The Labute approximate surface area is 85.2 Å². The van der Waals surface area contributed by atoms with E-state index >= 15 is 0 Å². The number of aliphatic hydroxyl groups is 2. The first-order chi connectivity index (χ1) is 5.88. The van der Waals surface area contributed by atoms with Crippen molar-refractivity contribution in [2.45, 2.75) is 45.3 Å². The zero-order valence-corrected chi connectivity index (χ0v) is 9.30. The number of allylic oxidation sites excluding steroid dienone is 2. The molecule has 78 valence electrons. The fourth-order valence-electron chi connectivity index (χ4n) is 0.951. The molecule has 0 radical (unpaired) electrons. The first kappa shape index (κ1) is 12.9. The Morgan fingerprint density at radius 2 is 2.08 bits per heavy atom. The first-order valence-corrected chi connectivity index (χ1v) is 5.03. The van der Waals surface area contributed by atoms with E-state index in [0.717, 1.165) is 12.0 Å². The quantitative estimate of drug-likeness (QED) is 0.534. The molecule has 0 fully saturated rings. The molecule has 0 aliphatic heterocycles. The summed E-state index contributed by atoms with van der Waals surface area (Å²) in [6.45, 7) is 5.19. The van der Waals surface area contributed by atoms with Crippen molar-refractivity contribution in [3.05, 3.63) is 11.6 Å². The molecule has 0 bridgehead atoms. The molecule has 0 aromatic rings. The molecule has 0 aromatic carbocycles. The SMILES string of the molecule is C/C(=C\CCl)CC[C@@H](O)C(C)(C)O. The van der Waals surface area contributed by atoms with Gasteiger partial charge in [-0.3, -0.25) is 0 Å². The number of alkyl halides is 1. The van der Waals surface area contributed by atoms with Crippen molar-refractivity contribution in [2.24, 2.45) is 0 Å². The van der Waals surface area contributed by atoms with Gasteiger partial charge >= 0.3 is 0 Å². The second kappa shape index (κ2) is 5.63. The van der Waals surface area contributed by atoms with E-state index in [1.165, 1.54) is 0 Å². The van der Waals surface area contributed by atoms with Gasteiger partial charge in [0.2, 0.25) is 0 Å². The number of halogens is 1. The Morgan fingerprint density at radius 1 is 1.54 bits per heavy atom. The lowest BCUT2D eigenvalue weighted by atomic mass is 9.96. The summed E-state index contributed by atoms with van der Waals surface area (Å²) in [6, 6.07) is 0. The van der Waals surface area contributed by atoms with Gasteiger partial charge in [-0.1, -0.05) is 11.6 Å². The molecule has 1 atom stereocenters. The Hall–Kier alpha value is -0.0500. The van der Waals surface area contributed by atoms with Gasteiger partial charge < -0.3 is 10.2 Å². The van der Waals surface area contributed by atoms with E-state index in [0.29, 0.717) is 12.3 Å². The van der Waals surface area contributed by atoms with Gasteiger partial charge in [-0.15, -0.1) is 11.6 Å². The minimum absolute atomic E-state index is 0.504. The van der Waals surface area contributed by atoms with Crippen LogP contribution < -0.4 is 0 Å². The molecule has 0 spiro atoms. The minimum atomic E-state index is -1.01. The molecule has 3 heteroatoms. The van der Waals surface area contributed by atoms with Crippen molar-refractivity contribution in [1.29, 1.82) is 0 Å². The summed E-state index contributed by atoms with van der Waals surface area (Å²) >= 11 is 5.51. The van der Waals surface area contributed by atoms with Crippen molar-refractivity contribution in [2.75, 3.05) is 5.88 Å². The molecule has 0 saturated carbocycles. The molecule has 13 heavy (non-hydrogen) atoms. The summed E-state index contributed by atoms with van der Waals surface area (Å²) in [5.41, 5.74) is 0.139. The molecule has 2 nitrogen and oxygen atoms in total. The van der Waals surface area contributed by atoms with Gasteiger partial charge in [0.05, 0.1) is 11.7 Å². The van der Waals surface area contributed by atoms with E-state index in [4.69, 9.17) is 11.6 Å². The van der Waals surface area contributed by atoms with Crippen LogP contribution in [0.5, 0.6) is 0 Å². The van der Waals surface area contributed by atoms with E-state index in [1.807, 2.05) is 13.0 Å². The van der Waals surface area contributed by atoms with E-state index in [1.54, 1.807) is 13.8 Å². The summed E-state index contributed by atoms with van der Waals surface area (Å²) in [6.07, 6.45) is 2.59. The van der Waals surface area contributed by atoms with E-state index in [9.17, 15) is 10.2 Å². The molecule has 0 rings (SSSR count). The Bertz CT molecular complexity index is 170. The van der Waals surface area contributed by atoms with E-state index in [2.05, 4.69) is 0 Å². The molecular formula is C10H19ClO2. The van der Waals surface area contributed by atoms with Crippen LogP contribution >= 0.6 is 11.6 Å². The van der Waals surface area contributed by atoms with Crippen LogP contribution in [0.3, 0.4) is 0 Å². The average Bonchev–Trinajstić information content (AvgIpc) is 1.99. The van der Waals surface area contributed by atoms with Crippen molar-refractivity contribution >= 4 is 11.6 Å². The lowest BCUT2D eigenvalue weighted by Gasteiger charge is -2.24. The third-order valence-corrected chi connectivity index (χ3v) is 2.21. The van der Waals surface area contributed by atoms with Crippen LogP contribution in [0.25, 0.3) is 0 Å². The maximum atomic E-state index is 9.49. The number of aliphatic hydroxyl groups excluding tert-OH is 1. The predicted octanol–water partition coefficient (Wildman–Crippen LogP) is 2.08. The number of rotatable bonds is 5. The molecule has 0 amide bonds. The maximum Gasteiger partial charge on any atom is 0.0849 e. The predicted molar refractivity (Wildman–Crippen MR) is 56.0 cm³/mol. The van der Waals surface area contributed by atoms with E-state index < -0.39 is 11.7 Å². The standard InChI is InChI=1S/C10H19ClO2/c1-8(6-7-11)4-5-9(12)10(2,3)13/h6,9,12-13H,4-5,7H2,1-3H3/b8-6+/t9-/m1/s1. The van der Waals surface area contributed by atoms with Gasteiger partial charge in [0.1, 0.15) is 0 Å². The maximum absolute atomic E-state index is 9.49. The summed E-state index contributed by atoms with van der Waals surface area (Å²) in [7, 11) is 0. The fraction of sp³-hybridized carbons (Fsp3) is 0.800. The lowest BCUT2D eigenvalue weighted by molar-refractivity contribution is -0.0509. The highest BCUT2D eigenvalue weighted by atomic mass is 35.5. The molecule has 0 heterocycles. The number of hydrogen-bond donors (Lipinski definition) is 2. The summed E-state index contributed by atoms with van der Waals surface area (Å²) in [5.74, 6) is 0.504. The topological polar surface area (TPSA) is 40.5 Å². The van der Waals surface area contributed by atoms with Gasteiger partial charge in [-0.25, -0.2) is 0 Å². The van der Waals surface area contributed by atoms with Crippen molar-refractivity contribution in [1.82, 2.24) is 0 Å². The average molecular weight is 207 g/mol. The van der Waals surface area contributed by atoms with Crippen LogP contribution in [-0.2, 0) is 0 Å². The molecule has 0 unspecified atom stereocenters. The lowest BCUT2D eigenvalue weighted by Crippen LogP contribution is -2.35. The molecule has 0 saturated heterocycles. The normalized spacial score (nSPS) is 16.0. The van der Waals surface area contributed by atoms with Crippen molar-refractivity contribution < 1.29 is 10.2 Å². The van der Waals surface area contributed by atoms with Crippen LogP contribution in [0.15, 0.2) is 11.6 Å². The Balaban J connectivity index is 3.83. The van der Waals surface area contributed by atoms with Crippen LogP contribution in [0.1, 0.15) is 33.6 Å². The smallest absolute Gasteiger partial charge is 0.0849 e. The molecule has 0 aromatic heterocycles. The van der Waals surface area contributed by atoms with Gasteiger partial charge in [-0.05, 0) is 33.6 Å². The first-order valence-electron chi connectivity index (χ1n) is 4.50. The van der Waals surface area contributed by atoms with Crippen LogP contribution in [0, 0.1) is 0 Å². The second-order valence-corrected chi connectivity index (χ2v) is 4.22. The molecule has 0 aliphatic carbocycles. The molecular weight excluding hydrogens is 188 g/mol. The second-order valence-electron chi connectivity index (χ2n) is 3.91. The summed E-state index contributed by atoms with van der Waals surface area (Å²) < 4.78 is 0. The third kappa shape index (κ3) is 6.08. The zero-order valence-electron chi connectivity index (χ0n) is 8.55. The highest BCUT2D eigenvalue weighted by Gasteiger charge is 2.23. The number of hydrogen-bond acceptors (Lipinski definition) is 2. The van der Waals surface area contributed by atoms with Crippen LogP contribution in [0.4, 0.5) is 0 Å². The third-order valence-electron chi connectivity index (χ3n) is 2.05. The minimum Gasteiger partial charge on any atom is -0.390 e. The van der Waals surface area contributed by atoms with E-state index in [-0.39, 0.29) is 0 Å². The largest absolute Gasteiger partial charge is 0.390 e. The highest BCUT2D eigenvalue weighted by Crippen LogP contribution is 2.16. The van der Waals surface area contributed by atoms with Gasteiger partial charge in [-0.2, -0.15) is 0 Å². The molecule has 2 N–H and O–H groups in total. The summed E-state index contributed by atoms with van der Waals surface area (Å²) in [5, 5.41) is 18.9. The zero-order chi connectivity index (χ0) is 10.5. The molecule has 0 aliphatic rings. The fourth-order valence-corrected chi connectivity index (χ4v) is 1.21. The van der Waals surface area contributed by atoms with Gasteiger partial charge in [0, 0.05) is 5.88 Å². The Kier molecular flexibility index (Phi) is 5.61. The highest BCUT2D eigenvalue weighted by molar-refractivity contribution is 6.18. The van der Waals surface area contributed by atoms with Gasteiger partial charge in [0.15, 0.2) is 0 Å². The Morgan fingerprint density at radius 3 is 2.46 bits per heavy atom. The van der Waals surface area contributed by atoms with Gasteiger partial charge in [0.25, 0.3) is 0 Å².